The van der Waals surface area contributed by atoms with Crippen LogP contribution < -0.4 is 10.6 Å². The average Bonchev–Trinajstić information content (AvgIpc) is 2.56. The highest BCUT2D eigenvalue weighted by molar-refractivity contribution is 5.91. The van der Waals surface area contributed by atoms with E-state index in [4.69, 9.17) is 0 Å². The molecule has 0 spiro atoms. The molecule has 3 nitrogen and oxygen atoms in total. The van der Waals surface area contributed by atoms with Gasteiger partial charge in [-0.2, -0.15) is 0 Å². The summed E-state index contributed by atoms with van der Waals surface area (Å²) in [7, 11) is 0. The molecule has 0 aliphatic heterocycles. The Labute approximate surface area is 139 Å². The lowest BCUT2D eigenvalue weighted by molar-refractivity contribution is -0.116. The Morgan fingerprint density at radius 3 is 2.52 bits per heavy atom. The lowest BCUT2D eigenvalue weighted by Crippen LogP contribution is -2.16. The predicted octanol–water partition coefficient (Wildman–Crippen LogP) is 4.07. The van der Waals surface area contributed by atoms with Crippen molar-refractivity contribution in [2.75, 3.05) is 11.9 Å². The number of nitrogens with one attached hydrogen (secondary N) is 2. The summed E-state index contributed by atoms with van der Waals surface area (Å²) in [4.78, 5) is 12.2. The van der Waals surface area contributed by atoms with Gasteiger partial charge in [0.15, 0.2) is 0 Å². The third-order valence-corrected chi connectivity index (χ3v) is 3.85. The predicted molar refractivity (Wildman–Crippen MR) is 96.6 cm³/mol. The number of carbonyl (C=O) groups is 1. The fraction of sp³-hybridized carbons (Fsp3) is 0.350. The minimum atomic E-state index is 0.0843. The van der Waals surface area contributed by atoms with E-state index >= 15 is 0 Å². The molecule has 0 aliphatic carbocycles. The smallest absolute Gasteiger partial charge is 0.224 e. The number of benzene rings is 2. The second kappa shape index (κ2) is 9.11. The maximum Gasteiger partial charge on any atom is 0.224 e. The monoisotopic (exact) mass is 310 g/mol. The van der Waals surface area contributed by atoms with Gasteiger partial charge in [0.1, 0.15) is 0 Å². The minimum Gasteiger partial charge on any atom is -0.326 e. The highest BCUT2D eigenvalue weighted by Crippen LogP contribution is 2.15. The fourth-order valence-electron chi connectivity index (χ4n) is 2.48. The van der Waals surface area contributed by atoms with Crippen LogP contribution in [0.4, 0.5) is 5.69 Å². The highest BCUT2D eigenvalue weighted by Gasteiger charge is 2.06. The zero-order valence-corrected chi connectivity index (χ0v) is 14.1. The van der Waals surface area contributed by atoms with Gasteiger partial charge in [-0.15, -0.1) is 0 Å². The van der Waals surface area contributed by atoms with Gasteiger partial charge in [-0.1, -0.05) is 55.0 Å². The Balaban J connectivity index is 1.81. The summed E-state index contributed by atoms with van der Waals surface area (Å²) in [5.74, 6) is 0.0843. The first-order chi connectivity index (χ1) is 11.2. The number of aryl methyl sites for hydroxylation is 2. The number of hydrogen-bond acceptors (Lipinski definition) is 2. The van der Waals surface area contributed by atoms with E-state index in [0.29, 0.717) is 6.42 Å². The summed E-state index contributed by atoms with van der Waals surface area (Å²) in [5.41, 5.74) is 4.59. The number of carbonyl (C=O) groups excluding carboxylic acids is 1. The van der Waals surface area contributed by atoms with Gasteiger partial charge in [-0.25, -0.2) is 0 Å². The zero-order valence-electron chi connectivity index (χ0n) is 14.1. The van der Waals surface area contributed by atoms with Crippen LogP contribution in [0.2, 0.25) is 0 Å². The van der Waals surface area contributed by atoms with E-state index in [2.05, 4.69) is 48.7 Å². The first kappa shape index (κ1) is 17.2. The van der Waals surface area contributed by atoms with Crippen LogP contribution in [-0.2, 0) is 17.8 Å². The SMILES string of the molecule is CCNCc1ccccc1NC(=O)CCCc1ccc(C)cc1. The lowest BCUT2D eigenvalue weighted by Gasteiger charge is -2.11. The summed E-state index contributed by atoms with van der Waals surface area (Å²) >= 11 is 0. The molecule has 23 heavy (non-hydrogen) atoms. The van der Waals surface area contributed by atoms with Gasteiger partial charge >= 0.3 is 0 Å². The Morgan fingerprint density at radius 1 is 1.04 bits per heavy atom. The molecule has 0 aromatic heterocycles. The Morgan fingerprint density at radius 2 is 1.78 bits per heavy atom. The molecule has 1 amide bonds. The number of para-hydroxylation sites is 1. The van der Waals surface area contributed by atoms with Gasteiger partial charge in [0, 0.05) is 18.7 Å². The van der Waals surface area contributed by atoms with Crippen molar-refractivity contribution in [3.8, 4) is 0 Å². The van der Waals surface area contributed by atoms with Crippen molar-refractivity contribution in [3.05, 3.63) is 65.2 Å². The molecule has 0 saturated heterocycles. The first-order valence-electron chi connectivity index (χ1n) is 8.33. The van der Waals surface area contributed by atoms with E-state index in [-0.39, 0.29) is 5.91 Å². The second-order valence-electron chi connectivity index (χ2n) is 5.82. The fourth-order valence-corrected chi connectivity index (χ4v) is 2.48. The maximum atomic E-state index is 12.2. The highest BCUT2D eigenvalue weighted by atomic mass is 16.1. The molecular weight excluding hydrogens is 284 g/mol. The molecule has 0 fully saturated rings. The molecule has 2 aromatic rings. The molecule has 0 heterocycles. The number of amides is 1. The van der Waals surface area contributed by atoms with Gasteiger partial charge in [-0.3, -0.25) is 4.79 Å². The molecule has 0 radical (unpaired) electrons. The van der Waals surface area contributed by atoms with Crippen LogP contribution in [0.25, 0.3) is 0 Å². The molecule has 0 saturated carbocycles. The Kier molecular flexibility index (Phi) is 6.82. The van der Waals surface area contributed by atoms with Crippen LogP contribution >= 0.6 is 0 Å². The van der Waals surface area contributed by atoms with E-state index in [1.165, 1.54) is 11.1 Å². The van der Waals surface area contributed by atoms with Crippen molar-refractivity contribution in [1.82, 2.24) is 5.32 Å². The van der Waals surface area contributed by atoms with Crippen molar-refractivity contribution >= 4 is 11.6 Å². The van der Waals surface area contributed by atoms with Crippen LogP contribution in [0.3, 0.4) is 0 Å². The third-order valence-electron chi connectivity index (χ3n) is 3.85. The van der Waals surface area contributed by atoms with E-state index in [1.807, 2.05) is 24.3 Å². The molecule has 2 rings (SSSR count). The molecule has 0 bridgehead atoms. The van der Waals surface area contributed by atoms with Crippen LogP contribution in [0.15, 0.2) is 48.5 Å². The number of rotatable bonds is 8. The Hall–Kier alpha value is -2.13. The molecule has 2 N–H and O–H groups in total. The standard InChI is InChI=1S/C20H26N2O/c1-3-21-15-18-8-4-5-9-19(18)22-20(23)10-6-7-17-13-11-16(2)12-14-17/h4-5,8-9,11-14,21H,3,6-7,10,15H2,1-2H3,(H,22,23). The maximum absolute atomic E-state index is 12.2. The topological polar surface area (TPSA) is 41.1 Å². The summed E-state index contributed by atoms with van der Waals surface area (Å²) < 4.78 is 0. The number of anilines is 1. The van der Waals surface area contributed by atoms with Gasteiger partial charge in [-0.05, 0) is 43.5 Å². The largest absolute Gasteiger partial charge is 0.326 e. The third kappa shape index (κ3) is 5.87. The Bertz CT molecular complexity index is 620. The van der Waals surface area contributed by atoms with Gasteiger partial charge < -0.3 is 10.6 Å². The van der Waals surface area contributed by atoms with Crippen LogP contribution in [0.5, 0.6) is 0 Å². The average molecular weight is 310 g/mol. The molecule has 0 aliphatic rings. The molecule has 0 atom stereocenters. The van der Waals surface area contributed by atoms with Gasteiger partial charge in [0.2, 0.25) is 5.91 Å². The molecule has 2 aromatic carbocycles. The number of hydrogen-bond donors (Lipinski definition) is 2. The van der Waals surface area contributed by atoms with Crippen molar-refractivity contribution in [3.63, 3.8) is 0 Å². The summed E-state index contributed by atoms with van der Waals surface area (Å²) in [6, 6.07) is 16.5. The van der Waals surface area contributed by atoms with Crippen LogP contribution in [-0.4, -0.2) is 12.5 Å². The lowest BCUT2D eigenvalue weighted by atomic mass is 10.1. The van der Waals surface area contributed by atoms with Crippen LogP contribution in [0.1, 0.15) is 36.5 Å². The molecule has 3 heteroatoms. The first-order valence-corrected chi connectivity index (χ1v) is 8.33. The van der Waals surface area contributed by atoms with Gasteiger partial charge in [0.05, 0.1) is 0 Å². The summed E-state index contributed by atoms with van der Waals surface area (Å²) in [6.07, 6.45) is 2.35. The normalized spacial score (nSPS) is 10.5. The van der Waals surface area contributed by atoms with E-state index in [9.17, 15) is 4.79 Å². The van der Waals surface area contributed by atoms with E-state index < -0.39 is 0 Å². The van der Waals surface area contributed by atoms with E-state index in [0.717, 1.165) is 37.2 Å². The molecular formula is C20H26N2O. The van der Waals surface area contributed by atoms with Crippen molar-refractivity contribution in [2.24, 2.45) is 0 Å². The summed E-state index contributed by atoms with van der Waals surface area (Å²) in [6.45, 7) is 5.85. The van der Waals surface area contributed by atoms with Crippen molar-refractivity contribution in [2.45, 2.75) is 39.7 Å². The van der Waals surface area contributed by atoms with Crippen LogP contribution in [0, 0.1) is 6.92 Å². The molecule has 122 valence electrons. The second-order valence-corrected chi connectivity index (χ2v) is 5.82. The minimum absolute atomic E-state index is 0.0843. The quantitative estimate of drug-likeness (QED) is 0.772. The molecule has 0 unspecified atom stereocenters. The zero-order chi connectivity index (χ0) is 16.5. The van der Waals surface area contributed by atoms with E-state index in [1.54, 1.807) is 0 Å². The van der Waals surface area contributed by atoms with Crippen molar-refractivity contribution < 1.29 is 4.79 Å². The van der Waals surface area contributed by atoms with Gasteiger partial charge in [0.25, 0.3) is 0 Å². The summed E-state index contributed by atoms with van der Waals surface area (Å²) in [5, 5.41) is 6.33. The van der Waals surface area contributed by atoms with Crippen molar-refractivity contribution in [1.29, 1.82) is 0 Å².